The molecule has 2 aromatic carbocycles. The first-order valence-corrected chi connectivity index (χ1v) is 9.93. The van der Waals surface area contributed by atoms with Crippen LogP contribution in [0.2, 0.25) is 5.02 Å². The molecule has 1 amide bonds. The number of nitrogens with zero attached hydrogens (tertiary/aromatic N) is 3. The Hall–Kier alpha value is -2.94. The molecule has 10 heteroatoms. The highest BCUT2D eigenvalue weighted by Gasteiger charge is 2.36. The SMILES string of the molecule is O=C(NC1CCN(c2ncnc3cc(Cl)ccc23)CC1)c1cccc(C(F)(F)F)c1F. The van der Waals surface area contributed by atoms with Gasteiger partial charge in [-0.15, -0.1) is 0 Å². The standard InChI is InChI=1S/C21H17ClF4N4O/c22-12-4-5-14-17(10-12)27-11-28-19(14)30-8-6-13(7-9-30)29-20(31)15-2-1-3-16(18(15)23)21(24,25)26/h1-5,10-11,13H,6-9H2,(H,29,31). The summed E-state index contributed by atoms with van der Waals surface area (Å²) in [6.07, 6.45) is -2.34. The van der Waals surface area contributed by atoms with Gasteiger partial charge < -0.3 is 10.2 Å². The second-order valence-corrected chi connectivity index (χ2v) is 7.69. The molecule has 0 aliphatic carbocycles. The molecule has 0 radical (unpaired) electrons. The van der Waals surface area contributed by atoms with E-state index in [0.29, 0.717) is 42.5 Å². The predicted molar refractivity (Wildman–Crippen MR) is 109 cm³/mol. The number of anilines is 1. The van der Waals surface area contributed by atoms with Crippen molar-refractivity contribution >= 4 is 34.2 Å². The van der Waals surface area contributed by atoms with E-state index in [4.69, 9.17) is 11.6 Å². The van der Waals surface area contributed by atoms with Gasteiger partial charge in [-0.3, -0.25) is 4.79 Å². The quantitative estimate of drug-likeness (QED) is 0.578. The highest BCUT2D eigenvalue weighted by atomic mass is 35.5. The summed E-state index contributed by atoms with van der Waals surface area (Å²) in [7, 11) is 0. The molecule has 5 nitrogen and oxygen atoms in total. The molecule has 1 saturated heterocycles. The van der Waals surface area contributed by atoms with E-state index in [1.807, 2.05) is 11.0 Å². The lowest BCUT2D eigenvalue weighted by Crippen LogP contribution is -2.45. The Balaban J connectivity index is 1.44. The van der Waals surface area contributed by atoms with Gasteiger partial charge in [-0.05, 0) is 43.2 Å². The lowest BCUT2D eigenvalue weighted by molar-refractivity contribution is -0.140. The summed E-state index contributed by atoms with van der Waals surface area (Å²) < 4.78 is 52.9. The van der Waals surface area contributed by atoms with Crippen molar-refractivity contribution in [3.8, 4) is 0 Å². The molecule has 0 bridgehead atoms. The highest BCUT2D eigenvalue weighted by Crippen LogP contribution is 2.32. The Morgan fingerprint density at radius 3 is 2.58 bits per heavy atom. The van der Waals surface area contributed by atoms with Crippen LogP contribution in [-0.4, -0.2) is 35.0 Å². The second-order valence-electron chi connectivity index (χ2n) is 7.26. The molecule has 1 aromatic heterocycles. The number of alkyl halides is 3. The number of nitrogens with one attached hydrogen (secondary N) is 1. The highest BCUT2D eigenvalue weighted by molar-refractivity contribution is 6.31. The molecule has 1 aliphatic heterocycles. The van der Waals surface area contributed by atoms with Gasteiger partial charge in [0.25, 0.3) is 5.91 Å². The van der Waals surface area contributed by atoms with Crippen molar-refractivity contribution in [1.82, 2.24) is 15.3 Å². The number of aromatic nitrogens is 2. The zero-order valence-corrected chi connectivity index (χ0v) is 16.8. The van der Waals surface area contributed by atoms with Gasteiger partial charge >= 0.3 is 6.18 Å². The van der Waals surface area contributed by atoms with Crippen molar-refractivity contribution in [2.24, 2.45) is 0 Å². The second kappa shape index (κ2) is 8.30. The summed E-state index contributed by atoms with van der Waals surface area (Å²) in [5.74, 6) is -1.67. The van der Waals surface area contributed by atoms with E-state index in [1.54, 1.807) is 12.1 Å². The molecule has 0 unspecified atom stereocenters. The van der Waals surface area contributed by atoms with Crippen LogP contribution in [-0.2, 0) is 6.18 Å². The van der Waals surface area contributed by atoms with Crippen molar-refractivity contribution in [3.63, 3.8) is 0 Å². The maximum Gasteiger partial charge on any atom is 0.419 e. The van der Waals surface area contributed by atoms with E-state index < -0.39 is 29.0 Å². The first kappa shape index (κ1) is 21.3. The Bertz CT molecular complexity index is 1130. The van der Waals surface area contributed by atoms with E-state index in [2.05, 4.69) is 15.3 Å². The van der Waals surface area contributed by atoms with Gasteiger partial charge in [0.2, 0.25) is 0 Å². The van der Waals surface area contributed by atoms with Gasteiger partial charge in [0, 0.05) is 29.5 Å². The van der Waals surface area contributed by atoms with Crippen LogP contribution in [0.25, 0.3) is 10.9 Å². The Morgan fingerprint density at radius 1 is 1.13 bits per heavy atom. The van der Waals surface area contributed by atoms with Crippen LogP contribution in [0.1, 0.15) is 28.8 Å². The van der Waals surface area contributed by atoms with Gasteiger partial charge in [0.05, 0.1) is 16.6 Å². The summed E-state index contributed by atoms with van der Waals surface area (Å²) in [5, 5.41) is 4.07. The summed E-state index contributed by atoms with van der Waals surface area (Å²) in [4.78, 5) is 23.0. The average molecular weight is 453 g/mol. The number of rotatable bonds is 3. The minimum absolute atomic E-state index is 0.291. The molecule has 1 aliphatic rings. The molecule has 31 heavy (non-hydrogen) atoms. The summed E-state index contributed by atoms with van der Waals surface area (Å²) in [5.41, 5.74) is -1.35. The minimum Gasteiger partial charge on any atom is -0.356 e. The third-order valence-corrected chi connectivity index (χ3v) is 5.49. The summed E-state index contributed by atoms with van der Waals surface area (Å²) in [6.45, 7) is 1.12. The molecule has 1 N–H and O–H groups in total. The van der Waals surface area contributed by atoms with Crippen molar-refractivity contribution in [2.45, 2.75) is 25.1 Å². The largest absolute Gasteiger partial charge is 0.419 e. The summed E-state index contributed by atoms with van der Waals surface area (Å²) in [6, 6.07) is 7.75. The molecule has 1 fully saturated rings. The molecule has 0 spiro atoms. The lowest BCUT2D eigenvalue weighted by atomic mass is 10.0. The van der Waals surface area contributed by atoms with Crippen molar-refractivity contribution in [2.75, 3.05) is 18.0 Å². The van der Waals surface area contributed by atoms with Crippen LogP contribution in [0.4, 0.5) is 23.4 Å². The molecule has 0 atom stereocenters. The van der Waals surface area contributed by atoms with Gasteiger partial charge in [-0.1, -0.05) is 17.7 Å². The van der Waals surface area contributed by atoms with Crippen molar-refractivity contribution < 1.29 is 22.4 Å². The molecular weight excluding hydrogens is 436 g/mol. The monoisotopic (exact) mass is 452 g/mol. The van der Waals surface area contributed by atoms with E-state index in [1.165, 1.54) is 6.33 Å². The number of carbonyl (C=O) groups is 1. The maximum atomic E-state index is 14.2. The van der Waals surface area contributed by atoms with Crippen LogP contribution < -0.4 is 10.2 Å². The third kappa shape index (κ3) is 4.41. The molecule has 3 aromatic rings. The zero-order valence-electron chi connectivity index (χ0n) is 16.1. The fourth-order valence-corrected chi connectivity index (χ4v) is 3.86. The average Bonchev–Trinajstić information content (AvgIpc) is 2.73. The fourth-order valence-electron chi connectivity index (χ4n) is 3.69. The van der Waals surface area contributed by atoms with Crippen LogP contribution in [0.3, 0.4) is 0 Å². The molecule has 2 heterocycles. The van der Waals surface area contributed by atoms with E-state index in [0.717, 1.165) is 23.3 Å². The van der Waals surface area contributed by atoms with Crippen LogP contribution in [0.5, 0.6) is 0 Å². The molecule has 162 valence electrons. The number of halogens is 5. The number of carbonyl (C=O) groups excluding carboxylic acids is 1. The number of piperidine rings is 1. The number of hydrogen-bond donors (Lipinski definition) is 1. The predicted octanol–water partition coefficient (Wildman–Crippen LogP) is 4.84. The summed E-state index contributed by atoms with van der Waals surface area (Å²) >= 11 is 6.02. The third-order valence-electron chi connectivity index (χ3n) is 5.26. The van der Waals surface area contributed by atoms with Gasteiger partial charge in [-0.25, -0.2) is 14.4 Å². The Kier molecular flexibility index (Phi) is 5.70. The first-order valence-electron chi connectivity index (χ1n) is 9.56. The molecule has 0 saturated carbocycles. The zero-order chi connectivity index (χ0) is 22.2. The van der Waals surface area contributed by atoms with Crippen LogP contribution >= 0.6 is 11.6 Å². The normalized spacial score (nSPS) is 15.3. The van der Waals surface area contributed by atoms with Crippen molar-refractivity contribution in [1.29, 1.82) is 0 Å². The minimum atomic E-state index is -4.86. The fraction of sp³-hybridized carbons (Fsp3) is 0.286. The number of fused-ring (bicyclic) bond motifs is 1. The van der Waals surface area contributed by atoms with Gasteiger partial charge in [-0.2, -0.15) is 13.2 Å². The van der Waals surface area contributed by atoms with Gasteiger partial charge in [0.15, 0.2) is 0 Å². The smallest absolute Gasteiger partial charge is 0.356 e. The Morgan fingerprint density at radius 2 is 1.87 bits per heavy atom. The van der Waals surface area contributed by atoms with Crippen molar-refractivity contribution in [3.05, 3.63) is 64.7 Å². The number of amides is 1. The Labute approximate surface area is 180 Å². The van der Waals surface area contributed by atoms with E-state index in [9.17, 15) is 22.4 Å². The molecule has 4 rings (SSSR count). The lowest BCUT2D eigenvalue weighted by Gasteiger charge is -2.33. The maximum absolute atomic E-state index is 14.2. The van der Waals surface area contributed by atoms with Gasteiger partial charge in [0.1, 0.15) is 18.0 Å². The van der Waals surface area contributed by atoms with Crippen LogP contribution in [0, 0.1) is 5.82 Å². The van der Waals surface area contributed by atoms with Crippen LogP contribution in [0.15, 0.2) is 42.7 Å². The first-order chi connectivity index (χ1) is 14.7. The molecular formula is C21H17ClF4N4O. The topological polar surface area (TPSA) is 58.1 Å². The number of benzene rings is 2. The number of hydrogen-bond acceptors (Lipinski definition) is 4. The van der Waals surface area contributed by atoms with E-state index in [-0.39, 0.29) is 6.04 Å². The van der Waals surface area contributed by atoms with E-state index >= 15 is 0 Å².